The highest BCUT2D eigenvalue weighted by Gasteiger charge is 2.46. The van der Waals surface area contributed by atoms with Crippen LogP contribution < -0.4 is 0 Å². The summed E-state index contributed by atoms with van der Waals surface area (Å²) < 4.78 is 11.0. The van der Waals surface area contributed by atoms with Gasteiger partial charge < -0.3 is 9.47 Å². The molecule has 5 heteroatoms. The maximum absolute atomic E-state index is 11.0. The number of nitrogens with zero attached hydrogens (tertiary/aromatic N) is 1. The third kappa shape index (κ3) is 2.68. The molecule has 0 aliphatic carbocycles. The van der Waals surface area contributed by atoms with Crippen molar-refractivity contribution in [3.8, 4) is 0 Å². The molecule has 0 saturated carbocycles. The molecule has 0 unspecified atom stereocenters. The number of rotatable bonds is 4. The second-order valence-electron chi connectivity index (χ2n) is 4.58. The first kappa shape index (κ1) is 13.0. The van der Waals surface area contributed by atoms with Crippen LogP contribution in [0.25, 0.3) is 0 Å². The summed E-state index contributed by atoms with van der Waals surface area (Å²) in [5.41, 5.74) is 0.0281. The van der Waals surface area contributed by atoms with E-state index in [1.165, 1.54) is 0 Å². The molecule has 5 nitrogen and oxygen atoms in total. The quantitative estimate of drug-likeness (QED) is 0.606. The van der Waals surface area contributed by atoms with Crippen LogP contribution >= 0.6 is 0 Å². The van der Waals surface area contributed by atoms with Crippen LogP contribution in [0.15, 0.2) is 30.3 Å². The molecule has 0 amide bonds. The van der Waals surface area contributed by atoms with Gasteiger partial charge in [-0.1, -0.05) is 37.3 Å². The summed E-state index contributed by atoms with van der Waals surface area (Å²) in [6.07, 6.45) is 0.656. The molecule has 1 aliphatic heterocycles. The minimum Gasteiger partial charge on any atom is -0.345 e. The minimum absolute atomic E-state index is 0.119. The molecule has 0 bridgehead atoms. The average molecular weight is 251 g/mol. The van der Waals surface area contributed by atoms with E-state index in [0.29, 0.717) is 12.8 Å². The zero-order chi connectivity index (χ0) is 13.0. The lowest BCUT2D eigenvalue weighted by atomic mass is 9.98. The number of ether oxygens (including phenoxy) is 2. The molecule has 18 heavy (non-hydrogen) atoms. The smallest absolute Gasteiger partial charge is 0.267 e. The largest absolute Gasteiger partial charge is 0.345 e. The maximum atomic E-state index is 11.0. The Kier molecular flexibility index (Phi) is 3.93. The third-order valence-corrected chi connectivity index (χ3v) is 3.37. The Hall–Kier alpha value is -1.46. The van der Waals surface area contributed by atoms with E-state index in [1.54, 1.807) is 6.92 Å². The zero-order valence-electron chi connectivity index (χ0n) is 10.4. The van der Waals surface area contributed by atoms with E-state index in [0.717, 1.165) is 5.56 Å². The summed E-state index contributed by atoms with van der Waals surface area (Å²) >= 11 is 0. The monoisotopic (exact) mass is 251 g/mol. The lowest BCUT2D eigenvalue weighted by Gasteiger charge is -2.32. The van der Waals surface area contributed by atoms with Crippen LogP contribution in [0.2, 0.25) is 0 Å². The standard InChI is InChI=1S/C13H17NO4/c1-2-13(14(15)16)9-17-12(18-10-13)8-11-6-4-3-5-7-11/h3-7,12H,2,8-10H2,1H3. The Bertz CT molecular complexity index is 399. The Morgan fingerprint density at radius 1 is 1.33 bits per heavy atom. The molecule has 0 N–H and O–H groups in total. The van der Waals surface area contributed by atoms with Crippen molar-refractivity contribution in [1.82, 2.24) is 0 Å². The second-order valence-corrected chi connectivity index (χ2v) is 4.58. The molecular weight excluding hydrogens is 234 g/mol. The second kappa shape index (κ2) is 5.46. The molecule has 98 valence electrons. The number of hydrogen-bond donors (Lipinski definition) is 0. The molecule has 1 aromatic rings. The molecular formula is C13H17NO4. The summed E-state index contributed by atoms with van der Waals surface area (Å²) in [6.45, 7) is 2.02. The van der Waals surface area contributed by atoms with Gasteiger partial charge in [0.15, 0.2) is 6.29 Å². The van der Waals surface area contributed by atoms with Crippen molar-refractivity contribution >= 4 is 0 Å². The van der Waals surface area contributed by atoms with Gasteiger partial charge >= 0.3 is 0 Å². The molecule has 1 aromatic carbocycles. The molecule has 0 spiro atoms. The van der Waals surface area contributed by atoms with Crippen LogP contribution in [0.4, 0.5) is 0 Å². The van der Waals surface area contributed by atoms with Crippen molar-refractivity contribution in [3.63, 3.8) is 0 Å². The van der Waals surface area contributed by atoms with E-state index in [4.69, 9.17) is 9.47 Å². The van der Waals surface area contributed by atoms with Gasteiger partial charge in [0.2, 0.25) is 0 Å². The fraction of sp³-hybridized carbons (Fsp3) is 0.538. The Morgan fingerprint density at radius 2 is 1.94 bits per heavy atom. The first-order valence-electron chi connectivity index (χ1n) is 6.08. The Morgan fingerprint density at radius 3 is 2.44 bits per heavy atom. The lowest BCUT2D eigenvalue weighted by Crippen LogP contribution is -2.52. The SMILES string of the molecule is CCC1([N+](=O)[O-])COC(Cc2ccccc2)OC1. The molecule has 1 fully saturated rings. The van der Waals surface area contributed by atoms with Gasteiger partial charge in [0, 0.05) is 17.8 Å². The van der Waals surface area contributed by atoms with Gasteiger partial charge in [0.1, 0.15) is 13.2 Å². The van der Waals surface area contributed by atoms with Crippen molar-refractivity contribution in [2.24, 2.45) is 0 Å². The van der Waals surface area contributed by atoms with Crippen LogP contribution in [0.5, 0.6) is 0 Å². The molecule has 1 heterocycles. The van der Waals surface area contributed by atoms with Gasteiger partial charge in [-0.15, -0.1) is 0 Å². The fourth-order valence-corrected chi connectivity index (χ4v) is 1.95. The summed E-state index contributed by atoms with van der Waals surface area (Å²) in [5.74, 6) is 0. The van der Waals surface area contributed by atoms with E-state index >= 15 is 0 Å². The van der Waals surface area contributed by atoms with Crippen LogP contribution in [0, 0.1) is 10.1 Å². The molecule has 1 aliphatic rings. The van der Waals surface area contributed by atoms with Gasteiger partial charge in [0.05, 0.1) is 0 Å². The molecule has 0 radical (unpaired) electrons. The summed E-state index contributed by atoms with van der Waals surface area (Å²) in [6, 6.07) is 9.82. The van der Waals surface area contributed by atoms with Gasteiger partial charge in [-0.05, 0) is 5.56 Å². The molecule has 1 saturated heterocycles. The number of benzene rings is 1. The van der Waals surface area contributed by atoms with Crippen molar-refractivity contribution in [3.05, 3.63) is 46.0 Å². The van der Waals surface area contributed by atoms with Crippen molar-refractivity contribution in [2.45, 2.75) is 31.6 Å². The van der Waals surface area contributed by atoms with Crippen molar-refractivity contribution < 1.29 is 14.4 Å². The first-order valence-corrected chi connectivity index (χ1v) is 6.08. The normalized spacial score (nSPS) is 27.9. The van der Waals surface area contributed by atoms with Crippen LogP contribution in [-0.2, 0) is 15.9 Å². The summed E-state index contributed by atoms with van der Waals surface area (Å²) in [7, 11) is 0. The zero-order valence-corrected chi connectivity index (χ0v) is 10.4. The van der Waals surface area contributed by atoms with Gasteiger partial charge in [-0.25, -0.2) is 0 Å². The summed E-state index contributed by atoms with van der Waals surface area (Å²) in [4.78, 5) is 10.7. The highest BCUT2D eigenvalue weighted by Crippen LogP contribution is 2.24. The van der Waals surface area contributed by atoms with E-state index in [-0.39, 0.29) is 24.4 Å². The number of hydrogen-bond acceptors (Lipinski definition) is 4. The van der Waals surface area contributed by atoms with Gasteiger partial charge in [-0.2, -0.15) is 0 Å². The number of nitro groups is 1. The van der Waals surface area contributed by atoms with Crippen molar-refractivity contribution in [2.75, 3.05) is 13.2 Å². The summed E-state index contributed by atoms with van der Waals surface area (Å²) in [5, 5.41) is 11.0. The average Bonchev–Trinajstić information content (AvgIpc) is 2.41. The first-order chi connectivity index (χ1) is 8.66. The molecule has 0 atom stereocenters. The van der Waals surface area contributed by atoms with E-state index in [9.17, 15) is 10.1 Å². The highest BCUT2D eigenvalue weighted by molar-refractivity contribution is 5.15. The predicted molar refractivity (Wildman–Crippen MR) is 65.9 cm³/mol. The van der Waals surface area contributed by atoms with Gasteiger partial charge in [-0.3, -0.25) is 10.1 Å². The van der Waals surface area contributed by atoms with Crippen LogP contribution in [0.3, 0.4) is 0 Å². The van der Waals surface area contributed by atoms with Crippen molar-refractivity contribution in [1.29, 1.82) is 0 Å². The lowest BCUT2D eigenvalue weighted by molar-refractivity contribution is -0.591. The van der Waals surface area contributed by atoms with E-state index in [1.807, 2.05) is 30.3 Å². The topological polar surface area (TPSA) is 61.6 Å². The highest BCUT2D eigenvalue weighted by atomic mass is 16.7. The maximum Gasteiger partial charge on any atom is 0.267 e. The van der Waals surface area contributed by atoms with E-state index in [2.05, 4.69) is 0 Å². The fourth-order valence-electron chi connectivity index (χ4n) is 1.95. The van der Waals surface area contributed by atoms with E-state index < -0.39 is 5.54 Å². The molecule has 2 rings (SSSR count). The Labute approximate surface area is 106 Å². The van der Waals surface area contributed by atoms with Gasteiger partial charge in [0.25, 0.3) is 5.54 Å². The van der Waals surface area contributed by atoms with Crippen LogP contribution in [0.1, 0.15) is 18.9 Å². The minimum atomic E-state index is -1.08. The predicted octanol–water partition coefficient (Wildman–Crippen LogP) is 2.03. The Balaban J connectivity index is 1.93. The third-order valence-electron chi connectivity index (χ3n) is 3.37. The van der Waals surface area contributed by atoms with Crippen LogP contribution in [-0.4, -0.2) is 30.0 Å². The molecule has 0 aromatic heterocycles.